The molecule has 1 fully saturated rings. The van der Waals surface area contributed by atoms with Crippen LogP contribution in [0.3, 0.4) is 0 Å². The summed E-state index contributed by atoms with van der Waals surface area (Å²) in [4.78, 5) is 24.7. The highest BCUT2D eigenvalue weighted by Gasteiger charge is 2.35. The highest BCUT2D eigenvalue weighted by Crippen LogP contribution is 2.44. The van der Waals surface area contributed by atoms with Crippen LogP contribution in [0.15, 0.2) is 65.5 Å². The Balaban J connectivity index is 1.20. The van der Waals surface area contributed by atoms with E-state index in [1.165, 1.54) is 0 Å². The van der Waals surface area contributed by atoms with Crippen molar-refractivity contribution in [2.45, 2.75) is 32.3 Å². The number of benzene rings is 3. The fourth-order valence-electron chi connectivity index (χ4n) is 5.51. The van der Waals surface area contributed by atoms with Gasteiger partial charge in [-0.15, -0.1) is 0 Å². The van der Waals surface area contributed by atoms with Crippen molar-refractivity contribution in [3.63, 3.8) is 0 Å². The van der Waals surface area contributed by atoms with E-state index in [-0.39, 0.29) is 30.2 Å². The molecule has 0 aliphatic carbocycles. The molecule has 0 saturated carbocycles. The van der Waals surface area contributed by atoms with E-state index >= 15 is 0 Å². The van der Waals surface area contributed by atoms with Crippen molar-refractivity contribution < 1.29 is 14.3 Å². The van der Waals surface area contributed by atoms with Gasteiger partial charge >= 0.3 is 5.69 Å². The van der Waals surface area contributed by atoms with Crippen LogP contribution < -0.4 is 15.7 Å². The van der Waals surface area contributed by atoms with Crippen LogP contribution in [0, 0.1) is 11.8 Å². The van der Waals surface area contributed by atoms with Crippen LogP contribution in [0.5, 0.6) is 5.75 Å². The van der Waals surface area contributed by atoms with E-state index < -0.39 is 0 Å². The summed E-state index contributed by atoms with van der Waals surface area (Å²) in [6, 6.07) is 19.0. The minimum atomic E-state index is -0.284. The van der Waals surface area contributed by atoms with Crippen LogP contribution in [0.25, 0.3) is 11.0 Å². The van der Waals surface area contributed by atoms with Gasteiger partial charge in [-0.05, 0) is 71.8 Å². The first-order valence-corrected chi connectivity index (χ1v) is 14.1. The average molecular weight is 583 g/mol. The normalized spacial score (nSPS) is 19.2. The zero-order valence-electron chi connectivity index (χ0n) is 23.0. The Kier molecular flexibility index (Phi) is 8.26. The lowest BCUT2D eigenvalue weighted by Gasteiger charge is -2.39. The van der Waals surface area contributed by atoms with E-state index in [9.17, 15) is 9.59 Å². The SMILES string of the molecule is CC(C)[C@@H]1C[C@H](c2ccc(Cl)c(Cl)c2)CO[C@H]1c1ccc(OCC(=O)Nc2ccc3c(c2)n(C)c(=O)n3C)cc1. The lowest BCUT2D eigenvalue weighted by atomic mass is 9.76. The number of anilines is 1. The Morgan fingerprint density at radius 2 is 1.68 bits per heavy atom. The van der Waals surface area contributed by atoms with Crippen LogP contribution >= 0.6 is 23.2 Å². The molecule has 1 aliphatic rings. The third kappa shape index (κ3) is 5.78. The van der Waals surface area contributed by atoms with Gasteiger partial charge in [-0.1, -0.05) is 55.2 Å². The maximum Gasteiger partial charge on any atom is 0.328 e. The number of aryl methyl sites for hydroxylation is 2. The molecule has 9 heteroatoms. The number of hydrogen-bond acceptors (Lipinski definition) is 4. The summed E-state index contributed by atoms with van der Waals surface area (Å²) in [5.41, 5.74) is 4.27. The second kappa shape index (κ2) is 11.7. The van der Waals surface area contributed by atoms with E-state index in [1.54, 1.807) is 35.4 Å². The lowest BCUT2D eigenvalue weighted by Crippen LogP contribution is -2.31. The van der Waals surface area contributed by atoms with Gasteiger partial charge in [-0.3, -0.25) is 13.9 Å². The highest BCUT2D eigenvalue weighted by molar-refractivity contribution is 6.42. The largest absolute Gasteiger partial charge is 0.484 e. The highest BCUT2D eigenvalue weighted by atomic mass is 35.5. The van der Waals surface area contributed by atoms with E-state index in [0.717, 1.165) is 28.6 Å². The number of ether oxygens (including phenoxy) is 2. The quantitative estimate of drug-likeness (QED) is 0.263. The molecule has 1 N–H and O–H groups in total. The molecule has 3 atom stereocenters. The third-order valence-electron chi connectivity index (χ3n) is 7.83. The summed E-state index contributed by atoms with van der Waals surface area (Å²) >= 11 is 12.4. The van der Waals surface area contributed by atoms with E-state index in [4.69, 9.17) is 32.7 Å². The monoisotopic (exact) mass is 581 g/mol. The van der Waals surface area contributed by atoms with Gasteiger partial charge in [0.1, 0.15) is 5.75 Å². The van der Waals surface area contributed by atoms with Crippen LogP contribution in [0.4, 0.5) is 5.69 Å². The fraction of sp³-hybridized carbons (Fsp3) is 0.355. The first-order valence-electron chi connectivity index (χ1n) is 13.4. The molecule has 1 aromatic heterocycles. The smallest absolute Gasteiger partial charge is 0.328 e. The van der Waals surface area contributed by atoms with Gasteiger partial charge in [0.15, 0.2) is 6.61 Å². The Morgan fingerprint density at radius 1 is 0.975 bits per heavy atom. The molecular weight excluding hydrogens is 549 g/mol. The summed E-state index contributed by atoms with van der Waals surface area (Å²) in [5.74, 6) is 1.32. The summed E-state index contributed by atoms with van der Waals surface area (Å²) in [6.45, 7) is 4.92. The van der Waals surface area contributed by atoms with E-state index in [1.807, 2.05) is 48.5 Å². The van der Waals surface area contributed by atoms with Crippen molar-refractivity contribution >= 4 is 45.8 Å². The van der Waals surface area contributed by atoms with Crippen molar-refractivity contribution in [2.75, 3.05) is 18.5 Å². The number of amides is 1. The molecule has 210 valence electrons. The number of aromatic nitrogens is 2. The average Bonchev–Trinajstić information content (AvgIpc) is 3.16. The molecule has 1 amide bonds. The predicted molar refractivity (Wildman–Crippen MR) is 160 cm³/mol. The Hall–Kier alpha value is -3.26. The van der Waals surface area contributed by atoms with Crippen molar-refractivity contribution in [1.82, 2.24) is 9.13 Å². The number of nitrogens with one attached hydrogen (secondary N) is 1. The first-order chi connectivity index (χ1) is 19.1. The molecule has 0 radical (unpaired) electrons. The van der Waals surface area contributed by atoms with Gasteiger partial charge in [-0.25, -0.2) is 4.79 Å². The number of halogens is 2. The molecule has 7 nitrogen and oxygen atoms in total. The van der Waals surface area contributed by atoms with Crippen molar-refractivity contribution in [3.8, 4) is 5.75 Å². The minimum Gasteiger partial charge on any atom is -0.484 e. The maximum atomic E-state index is 12.6. The summed E-state index contributed by atoms with van der Waals surface area (Å²) in [5, 5.41) is 3.96. The molecule has 40 heavy (non-hydrogen) atoms. The fourth-order valence-corrected chi connectivity index (χ4v) is 5.82. The van der Waals surface area contributed by atoms with Gasteiger partial charge < -0.3 is 14.8 Å². The molecule has 1 saturated heterocycles. The van der Waals surface area contributed by atoms with E-state index in [0.29, 0.717) is 39.9 Å². The maximum absolute atomic E-state index is 12.6. The second-order valence-electron chi connectivity index (χ2n) is 10.8. The summed E-state index contributed by atoms with van der Waals surface area (Å²) in [6.07, 6.45) is 0.960. The molecule has 3 aromatic carbocycles. The zero-order valence-corrected chi connectivity index (χ0v) is 24.5. The molecule has 4 aromatic rings. The van der Waals surface area contributed by atoms with Crippen molar-refractivity contribution in [2.24, 2.45) is 25.9 Å². The van der Waals surface area contributed by atoms with E-state index in [2.05, 4.69) is 19.2 Å². The van der Waals surface area contributed by atoms with Gasteiger partial charge in [0.2, 0.25) is 0 Å². The molecular formula is C31H33Cl2N3O4. The van der Waals surface area contributed by atoms with Gasteiger partial charge in [0.05, 0.1) is 33.8 Å². The number of hydrogen-bond donors (Lipinski definition) is 1. The summed E-state index contributed by atoms with van der Waals surface area (Å²) < 4.78 is 15.3. The Labute approximate surface area is 243 Å². The van der Waals surface area contributed by atoms with Gasteiger partial charge in [-0.2, -0.15) is 0 Å². The summed E-state index contributed by atoms with van der Waals surface area (Å²) in [7, 11) is 3.43. The lowest BCUT2D eigenvalue weighted by molar-refractivity contribution is -0.118. The van der Waals surface area contributed by atoms with Gasteiger partial charge in [0, 0.05) is 25.7 Å². The van der Waals surface area contributed by atoms with Gasteiger partial charge in [0.25, 0.3) is 5.91 Å². The number of carbonyl (C=O) groups excluding carboxylic acids is 1. The molecule has 0 spiro atoms. The van der Waals surface area contributed by atoms with Crippen LogP contribution in [0.1, 0.15) is 43.4 Å². The predicted octanol–water partition coefficient (Wildman–Crippen LogP) is 6.72. The number of imidazole rings is 1. The standard InChI is InChI=1S/C31H33Cl2N3O4/c1-18(2)24-13-21(20-7-11-25(32)26(33)14-20)16-40-30(24)19-5-9-23(10-6-19)39-17-29(37)34-22-8-12-27-28(15-22)36(4)31(38)35(27)3/h5-12,14-15,18,21,24,30H,13,16-17H2,1-4H3,(H,34,37)/t21-,24-,30-/m0/s1. The van der Waals surface area contributed by atoms with Crippen molar-refractivity contribution in [3.05, 3.63) is 92.3 Å². The molecule has 2 heterocycles. The minimum absolute atomic E-state index is 0.0276. The zero-order chi connectivity index (χ0) is 28.6. The van der Waals surface area contributed by atoms with Crippen LogP contribution in [-0.2, 0) is 23.6 Å². The van der Waals surface area contributed by atoms with Crippen LogP contribution in [0.2, 0.25) is 10.0 Å². The Bertz CT molecular complexity index is 1590. The van der Waals surface area contributed by atoms with Crippen LogP contribution in [-0.4, -0.2) is 28.3 Å². The molecule has 0 unspecified atom stereocenters. The van der Waals surface area contributed by atoms with Crippen molar-refractivity contribution in [1.29, 1.82) is 0 Å². The Morgan fingerprint density at radius 3 is 2.38 bits per heavy atom. The topological polar surface area (TPSA) is 74.5 Å². The molecule has 0 bridgehead atoms. The first kappa shape index (κ1) is 28.3. The number of rotatable bonds is 7. The number of carbonyl (C=O) groups is 1. The second-order valence-corrected chi connectivity index (χ2v) is 11.6. The molecule has 5 rings (SSSR count). The number of fused-ring (bicyclic) bond motifs is 1. The molecule has 1 aliphatic heterocycles. The third-order valence-corrected chi connectivity index (χ3v) is 8.57. The number of nitrogens with zero attached hydrogens (tertiary/aromatic N) is 2.